The number of rotatable bonds is 6. The van der Waals surface area contributed by atoms with Crippen molar-refractivity contribution in [2.24, 2.45) is 0 Å². The molecule has 0 N–H and O–H groups in total. The van der Waals surface area contributed by atoms with Crippen molar-refractivity contribution in [3.05, 3.63) is 102 Å². The number of nitrogens with zero attached hydrogens (tertiary/aromatic N) is 2. The number of aromatic nitrogens is 1. The molecular formula is C21H19FN2O. The molecule has 3 nitrogen and oxygen atoms in total. The summed E-state index contributed by atoms with van der Waals surface area (Å²) in [6, 6.07) is 21.3. The minimum absolute atomic E-state index is 0.181. The van der Waals surface area contributed by atoms with E-state index in [4.69, 9.17) is 0 Å². The Labute approximate surface area is 146 Å². The Morgan fingerprint density at radius 3 is 2.48 bits per heavy atom. The van der Waals surface area contributed by atoms with Crippen molar-refractivity contribution in [2.45, 2.75) is 13.0 Å². The van der Waals surface area contributed by atoms with Gasteiger partial charge in [-0.15, -0.1) is 0 Å². The maximum Gasteiger partial charge on any atom is 0.254 e. The maximum atomic E-state index is 13.5. The molecule has 3 aromatic rings. The molecule has 4 heteroatoms. The molecule has 0 unspecified atom stereocenters. The predicted molar refractivity (Wildman–Crippen MR) is 95.5 cm³/mol. The molecule has 0 radical (unpaired) electrons. The van der Waals surface area contributed by atoms with Crippen LogP contribution < -0.4 is 0 Å². The van der Waals surface area contributed by atoms with Crippen molar-refractivity contribution in [2.75, 3.05) is 6.54 Å². The second kappa shape index (κ2) is 8.20. The lowest BCUT2D eigenvalue weighted by Gasteiger charge is -2.23. The highest BCUT2D eigenvalue weighted by molar-refractivity contribution is 5.94. The van der Waals surface area contributed by atoms with Gasteiger partial charge in [-0.25, -0.2) is 4.39 Å². The zero-order valence-corrected chi connectivity index (χ0v) is 13.8. The summed E-state index contributed by atoms with van der Waals surface area (Å²) in [5.41, 5.74) is 2.32. The van der Waals surface area contributed by atoms with Crippen molar-refractivity contribution < 1.29 is 9.18 Å². The number of carbonyl (C=O) groups is 1. The van der Waals surface area contributed by atoms with Crippen molar-refractivity contribution >= 4 is 5.91 Å². The van der Waals surface area contributed by atoms with E-state index in [1.807, 2.05) is 48.5 Å². The number of benzene rings is 2. The number of halogens is 1. The van der Waals surface area contributed by atoms with Crippen LogP contribution in [0.5, 0.6) is 0 Å². The molecule has 25 heavy (non-hydrogen) atoms. The second-order valence-corrected chi connectivity index (χ2v) is 5.79. The Morgan fingerprint density at radius 1 is 0.960 bits per heavy atom. The van der Waals surface area contributed by atoms with Gasteiger partial charge in [-0.1, -0.05) is 42.5 Å². The molecule has 0 atom stereocenters. The van der Waals surface area contributed by atoms with E-state index in [-0.39, 0.29) is 5.91 Å². The summed E-state index contributed by atoms with van der Waals surface area (Å²) in [4.78, 5) is 18.9. The zero-order chi connectivity index (χ0) is 17.5. The van der Waals surface area contributed by atoms with Gasteiger partial charge >= 0.3 is 0 Å². The smallest absolute Gasteiger partial charge is 0.254 e. The summed E-state index contributed by atoms with van der Waals surface area (Å²) < 4.78 is 13.5. The number of pyridine rings is 1. The summed E-state index contributed by atoms with van der Waals surface area (Å²) in [5.74, 6) is -0.588. The molecule has 126 valence electrons. The van der Waals surface area contributed by atoms with Gasteiger partial charge in [-0.2, -0.15) is 0 Å². The first-order chi connectivity index (χ1) is 12.2. The molecule has 0 aliphatic rings. The minimum Gasteiger partial charge on any atom is -0.334 e. The van der Waals surface area contributed by atoms with E-state index in [0.717, 1.165) is 11.3 Å². The van der Waals surface area contributed by atoms with E-state index < -0.39 is 5.82 Å². The summed E-state index contributed by atoms with van der Waals surface area (Å²) in [6.45, 7) is 0.990. The van der Waals surface area contributed by atoms with Gasteiger partial charge in [-0.05, 0) is 35.9 Å². The van der Waals surface area contributed by atoms with Crippen molar-refractivity contribution in [3.63, 3.8) is 0 Å². The molecule has 0 aliphatic heterocycles. The summed E-state index contributed by atoms with van der Waals surface area (Å²) in [6.07, 6.45) is 2.39. The van der Waals surface area contributed by atoms with Crippen LogP contribution in [-0.2, 0) is 13.0 Å². The zero-order valence-electron chi connectivity index (χ0n) is 13.8. The van der Waals surface area contributed by atoms with Gasteiger partial charge in [0.05, 0.1) is 0 Å². The van der Waals surface area contributed by atoms with Gasteiger partial charge in [0, 0.05) is 37.0 Å². The summed E-state index contributed by atoms with van der Waals surface area (Å²) in [5, 5.41) is 0. The number of carbonyl (C=O) groups excluding carboxylic acids is 1. The van der Waals surface area contributed by atoms with Crippen LogP contribution in [0.3, 0.4) is 0 Å². The fourth-order valence-electron chi connectivity index (χ4n) is 2.66. The van der Waals surface area contributed by atoms with E-state index in [2.05, 4.69) is 4.98 Å². The number of hydrogen-bond donors (Lipinski definition) is 0. The van der Waals surface area contributed by atoms with Crippen molar-refractivity contribution in [3.8, 4) is 0 Å². The third kappa shape index (κ3) is 4.73. The summed E-state index contributed by atoms with van der Waals surface area (Å²) >= 11 is 0. The molecule has 0 saturated carbocycles. The van der Waals surface area contributed by atoms with Gasteiger partial charge in [0.15, 0.2) is 0 Å². The molecule has 1 amide bonds. The highest BCUT2D eigenvalue weighted by Gasteiger charge is 2.17. The molecule has 0 bridgehead atoms. The molecule has 3 rings (SSSR count). The van der Waals surface area contributed by atoms with Crippen molar-refractivity contribution in [1.29, 1.82) is 0 Å². The first kappa shape index (κ1) is 16.8. The average molecular weight is 334 g/mol. The highest BCUT2D eigenvalue weighted by Crippen LogP contribution is 2.12. The van der Waals surface area contributed by atoms with Gasteiger partial charge in [0.1, 0.15) is 5.82 Å². The topological polar surface area (TPSA) is 33.2 Å². The van der Waals surface area contributed by atoms with Gasteiger partial charge < -0.3 is 4.90 Å². The lowest BCUT2D eigenvalue weighted by Crippen LogP contribution is -2.32. The van der Waals surface area contributed by atoms with Crippen LogP contribution in [0.2, 0.25) is 0 Å². The van der Waals surface area contributed by atoms with Crippen LogP contribution in [0.15, 0.2) is 79.0 Å². The SMILES string of the molecule is O=C(c1cccc(F)c1)N(CCc1ccccn1)Cc1ccccc1. The summed E-state index contributed by atoms with van der Waals surface area (Å²) in [7, 11) is 0. The fourth-order valence-corrected chi connectivity index (χ4v) is 2.66. The molecule has 0 fully saturated rings. The van der Waals surface area contributed by atoms with Gasteiger partial charge in [-0.3, -0.25) is 9.78 Å². The first-order valence-corrected chi connectivity index (χ1v) is 8.21. The lowest BCUT2D eigenvalue weighted by atomic mass is 10.1. The van der Waals surface area contributed by atoms with Gasteiger partial charge in [0.25, 0.3) is 5.91 Å². The second-order valence-electron chi connectivity index (χ2n) is 5.79. The third-order valence-electron chi connectivity index (χ3n) is 3.94. The van der Waals surface area contributed by atoms with E-state index in [9.17, 15) is 9.18 Å². The Hall–Kier alpha value is -3.01. The van der Waals surface area contributed by atoms with Crippen LogP contribution >= 0.6 is 0 Å². The molecule has 1 aromatic heterocycles. The van der Waals surface area contributed by atoms with Crippen LogP contribution in [0, 0.1) is 5.82 Å². The minimum atomic E-state index is -0.407. The quantitative estimate of drug-likeness (QED) is 0.680. The third-order valence-corrected chi connectivity index (χ3v) is 3.94. The Bertz CT molecular complexity index is 822. The highest BCUT2D eigenvalue weighted by atomic mass is 19.1. The molecular weight excluding hydrogens is 315 g/mol. The molecule has 2 aromatic carbocycles. The lowest BCUT2D eigenvalue weighted by molar-refractivity contribution is 0.0744. The van der Waals surface area contributed by atoms with E-state index in [0.29, 0.717) is 25.1 Å². The number of amides is 1. The normalized spacial score (nSPS) is 10.4. The van der Waals surface area contributed by atoms with Gasteiger partial charge in [0.2, 0.25) is 0 Å². The fraction of sp³-hybridized carbons (Fsp3) is 0.143. The molecule has 0 saturated heterocycles. The van der Waals surface area contributed by atoms with Crippen molar-refractivity contribution in [1.82, 2.24) is 9.88 Å². The van der Waals surface area contributed by atoms with Crippen LogP contribution in [0.25, 0.3) is 0 Å². The van der Waals surface area contributed by atoms with Crippen LogP contribution in [0.1, 0.15) is 21.6 Å². The van der Waals surface area contributed by atoms with E-state index in [1.165, 1.54) is 12.1 Å². The largest absolute Gasteiger partial charge is 0.334 e. The molecule has 0 aliphatic carbocycles. The average Bonchev–Trinajstić information content (AvgIpc) is 2.66. The van der Waals surface area contributed by atoms with E-state index >= 15 is 0 Å². The predicted octanol–water partition coefficient (Wildman–Crippen LogP) is 4.11. The Balaban J connectivity index is 1.79. The van der Waals surface area contributed by atoms with Crippen LogP contribution in [-0.4, -0.2) is 22.3 Å². The monoisotopic (exact) mass is 334 g/mol. The van der Waals surface area contributed by atoms with E-state index in [1.54, 1.807) is 23.2 Å². The Morgan fingerprint density at radius 2 is 1.76 bits per heavy atom. The maximum absolute atomic E-state index is 13.5. The number of hydrogen-bond acceptors (Lipinski definition) is 2. The first-order valence-electron chi connectivity index (χ1n) is 8.21. The molecule has 0 spiro atoms. The standard InChI is InChI=1S/C21H19FN2O/c22-19-10-6-9-18(15-19)21(25)24(16-17-7-2-1-3-8-17)14-12-20-11-4-5-13-23-20/h1-11,13,15H,12,14,16H2. The Kier molecular flexibility index (Phi) is 5.52. The molecule has 1 heterocycles. The van der Waals surface area contributed by atoms with Crippen LogP contribution in [0.4, 0.5) is 4.39 Å².